The second-order valence-corrected chi connectivity index (χ2v) is 5.17. The highest BCUT2D eigenvalue weighted by Crippen LogP contribution is 2.24. The van der Waals surface area contributed by atoms with Crippen LogP contribution in [0.4, 0.5) is 10.5 Å². The number of nitrogens with zero attached hydrogens (tertiary/aromatic N) is 1. The van der Waals surface area contributed by atoms with Crippen molar-refractivity contribution in [2.75, 3.05) is 11.5 Å². The number of nitrogen functional groups attached to an aromatic ring is 1. The zero-order valence-corrected chi connectivity index (χ0v) is 10.6. The SMILES string of the molecule is Nc1cc(Cl)ccc1CN1C(=O)CCSC1=O. The zero-order valence-electron chi connectivity index (χ0n) is 8.98. The van der Waals surface area contributed by atoms with Crippen LogP contribution in [0.25, 0.3) is 0 Å². The Morgan fingerprint density at radius 2 is 2.18 bits per heavy atom. The molecule has 1 heterocycles. The first-order valence-electron chi connectivity index (χ1n) is 5.09. The third-order valence-electron chi connectivity index (χ3n) is 2.50. The van der Waals surface area contributed by atoms with Gasteiger partial charge in [-0.05, 0) is 17.7 Å². The Kier molecular flexibility index (Phi) is 3.59. The van der Waals surface area contributed by atoms with Crippen molar-refractivity contribution in [1.82, 2.24) is 4.90 Å². The van der Waals surface area contributed by atoms with Crippen molar-refractivity contribution in [3.63, 3.8) is 0 Å². The molecule has 1 aromatic carbocycles. The number of amides is 2. The number of hydrogen-bond donors (Lipinski definition) is 1. The van der Waals surface area contributed by atoms with Crippen LogP contribution in [-0.4, -0.2) is 21.8 Å². The lowest BCUT2D eigenvalue weighted by Crippen LogP contribution is -2.37. The molecule has 1 fully saturated rings. The van der Waals surface area contributed by atoms with Crippen LogP contribution in [0, 0.1) is 0 Å². The van der Waals surface area contributed by atoms with Gasteiger partial charge in [0.05, 0.1) is 6.54 Å². The van der Waals surface area contributed by atoms with E-state index in [0.29, 0.717) is 22.9 Å². The van der Waals surface area contributed by atoms with E-state index in [4.69, 9.17) is 17.3 Å². The molecule has 1 aromatic rings. The average molecular weight is 271 g/mol. The van der Waals surface area contributed by atoms with Crippen LogP contribution >= 0.6 is 23.4 Å². The number of halogens is 1. The Labute approximate surface area is 108 Å². The van der Waals surface area contributed by atoms with E-state index < -0.39 is 0 Å². The fourth-order valence-corrected chi connectivity index (χ4v) is 2.53. The summed E-state index contributed by atoms with van der Waals surface area (Å²) in [7, 11) is 0. The lowest BCUT2D eigenvalue weighted by Gasteiger charge is -2.24. The van der Waals surface area contributed by atoms with E-state index >= 15 is 0 Å². The van der Waals surface area contributed by atoms with Crippen molar-refractivity contribution in [3.8, 4) is 0 Å². The molecular formula is C11H11ClN2O2S. The summed E-state index contributed by atoms with van der Waals surface area (Å²) in [6.45, 7) is 0.216. The molecule has 6 heteroatoms. The Balaban J connectivity index is 2.19. The predicted octanol–water partition coefficient (Wildman–Crippen LogP) is 2.51. The summed E-state index contributed by atoms with van der Waals surface area (Å²) in [6.07, 6.45) is 0.393. The smallest absolute Gasteiger partial charge is 0.288 e. The van der Waals surface area contributed by atoms with Crippen LogP contribution in [0.15, 0.2) is 18.2 Å². The second kappa shape index (κ2) is 4.98. The molecule has 2 rings (SSSR count). The number of hydrogen-bond acceptors (Lipinski definition) is 4. The minimum Gasteiger partial charge on any atom is -0.398 e. The summed E-state index contributed by atoms with van der Waals surface area (Å²) >= 11 is 6.94. The van der Waals surface area contributed by atoms with Crippen molar-refractivity contribution in [1.29, 1.82) is 0 Å². The Morgan fingerprint density at radius 1 is 1.41 bits per heavy atom. The van der Waals surface area contributed by atoms with Gasteiger partial charge in [0.25, 0.3) is 5.24 Å². The fourth-order valence-electron chi connectivity index (χ4n) is 1.57. The highest BCUT2D eigenvalue weighted by atomic mass is 35.5. The summed E-state index contributed by atoms with van der Waals surface area (Å²) in [5, 5.41) is 0.326. The van der Waals surface area contributed by atoms with Crippen molar-refractivity contribution in [2.45, 2.75) is 13.0 Å². The Hall–Kier alpha value is -1.20. The first-order valence-corrected chi connectivity index (χ1v) is 6.45. The summed E-state index contributed by atoms with van der Waals surface area (Å²) in [4.78, 5) is 24.4. The van der Waals surface area contributed by atoms with Crippen LogP contribution in [0.3, 0.4) is 0 Å². The van der Waals surface area contributed by atoms with Gasteiger partial charge in [0.15, 0.2) is 0 Å². The van der Waals surface area contributed by atoms with Crippen LogP contribution in [0.2, 0.25) is 5.02 Å². The van der Waals surface area contributed by atoms with Gasteiger partial charge in [-0.2, -0.15) is 0 Å². The zero-order chi connectivity index (χ0) is 12.4. The average Bonchev–Trinajstić information content (AvgIpc) is 2.26. The van der Waals surface area contributed by atoms with Gasteiger partial charge in [0, 0.05) is 22.9 Å². The molecule has 90 valence electrons. The number of thioether (sulfide) groups is 1. The van der Waals surface area contributed by atoms with Gasteiger partial charge < -0.3 is 5.73 Å². The van der Waals surface area contributed by atoms with Crippen molar-refractivity contribution in [3.05, 3.63) is 28.8 Å². The molecule has 0 unspecified atom stereocenters. The van der Waals surface area contributed by atoms with E-state index in [0.717, 1.165) is 17.3 Å². The van der Waals surface area contributed by atoms with Crippen LogP contribution in [-0.2, 0) is 11.3 Å². The molecule has 2 amide bonds. The van der Waals surface area contributed by atoms with Gasteiger partial charge in [-0.25, -0.2) is 0 Å². The highest BCUT2D eigenvalue weighted by molar-refractivity contribution is 8.13. The van der Waals surface area contributed by atoms with Crippen LogP contribution in [0.5, 0.6) is 0 Å². The van der Waals surface area contributed by atoms with Gasteiger partial charge in [0.1, 0.15) is 0 Å². The Morgan fingerprint density at radius 3 is 2.82 bits per heavy atom. The fraction of sp³-hybridized carbons (Fsp3) is 0.273. The van der Waals surface area contributed by atoms with E-state index in [2.05, 4.69) is 0 Å². The van der Waals surface area contributed by atoms with Crippen LogP contribution in [0.1, 0.15) is 12.0 Å². The molecule has 4 nitrogen and oxygen atoms in total. The number of benzene rings is 1. The number of nitrogens with two attached hydrogens (primary N) is 1. The number of rotatable bonds is 2. The summed E-state index contributed by atoms with van der Waals surface area (Å²) in [6, 6.07) is 5.04. The number of carbonyl (C=O) groups excluding carboxylic acids is 2. The highest BCUT2D eigenvalue weighted by Gasteiger charge is 2.27. The summed E-state index contributed by atoms with van der Waals surface area (Å²) < 4.78 is 0. The molecule has 1 aliphatic rings. The molecular weight excluding hydrogens is 260 g/mol. The lowest BCUT2D eigenvalue weighted by atomic mass is 10.1. The molecule has 0 spiro atoms. The topological polar surface area (TPSA) is 63.4 Å². The Bertz CT molecular complexity index is 463. The predicted molar refractivity (Wildman–Crippen MR) is 68.9 cm³/mol. The molecule has 0 atom stereocenters. The molecule has 1 aliphatic heterocycles. The van der Waals surface area contributed by atoms with E-state index in [1.165, 1.54) is 4.90 Å². The van der Waals surface area contributed by atoms with Crippen molar-refractivity contribution < 1.29 is 9.59 Å². The normalized spacial score (nSPS) is 16.4. The molecule has 0 saturated carbocycles. The number of imide groups is 1. The van der Waals surface area contributed by atoms with E-state index in [1.807, 2.05) is 0 Å². The lowest BCUT2D eigenvalue weighted by molar-refractivity contribution is -0.128. The minimum atomic E-state index is -0.212. The van der Waals surface area contributed by atoms with Gasteiger partial charge in [0.2, 0.25) is 5.91 Å². The maximum absolute atomic E-state index is 11.6. The first kappa shape index (κ1) is 12.3. The monoisotopic (exact) mass is 270 g/mol. The third kappa shape index (κ3) is 2.73. The second-order valence-electron chi connectivity index (χ2n) is 3.69. The summed E-state index contributed by atoms with van der Waals surface area (Å²) in [5.41, 5.74) is 7.02. The molecule has 0 bridgehead atoms. The number of anilines is 1. The maximum Gasteiger partial charge on any atom is 0.288 e. The van der Waals surface area contributed by atoms with Crippen LogP contribution < -0.4 is 5.73 Å². The van der Waals surface area contributed by atoms with Gasteiger partial charge in [-0.3, -0.25) is 14.5 Å². The van der Waals surface area contributed by atoms with E-state index in [-0.39, 0.29) is 17.7 Å². The van der Waals surface area contributed by atoms with Crippen molar-refractivity contribution >= 4 is 40.2 Å². The molecule has 2 N–H and O–H groups in total. The first-order chi connectivity index (χ1) is 8.08. The standard InChI is InChI=1S/C11H11ClN2O2S/c12-8-2-1-7(9(13)5-8)6-14-10(15)3-4-17-11(14)16/h1-2,5H,3-4,6,13H2. The van der Waals surface area contributed by atoms with E-state index in [9.17, 15) is 9.59 Å². The van der Waals surface area contributed by atoms with Gasteiger partial charge in [-0.15, -0.1) is 0 Å². The van der Waals surface area contributed by atoms with E-state index in [1.54, 1.807) is 18.2 Å². The maximum atomic E-state index is 11.6. The molecule has 0 aliphatic carbocycles. The molecule has 1 saturated heterocycles. The third-order valence-corrected chi connectivity index (χ3v) is 3.61. The minimum absolute atomic E-state index is 0.150. The molecule has 0 radical (unpaired) electrons. The van der Waals surface area contributed by atoms with Gasteiger partial charge in [-0.1, -0.05) is 29.4 Å². The van der Waals surface area contributed by atoms with Gasteiger partial charge >= 0.3 is 0 Å². The largest absolute Gasteiger partial charge is 0.398 e. The molecule has 0 aromatic heterocycles. The van der Waals surface area contributed by atoms with Crippen molar-refractivity contribution in [2.24, 2.45) is 0 Å². The molecule has 17 heavy (non-hydrogen) atoms. The summed E-state index contributed by atoms with van der Waals surface area (Å²) in [5.74, 6) is 0.410. The quantitative estimate of drug-likeness (QED) is 0.839. The number of carbonyl (C=O) groups is 2.